The number of nitrogens with one attached hydrogen (secondary N) is 1. The Labute approximate surface area is 181 Å². The van der Waals surface area contributed by atoms with Crippen LogP contribution < -0.4 is 15.8 Å². The Balaban J connectivity index is 0.00000392. The molecule has 3 N–H and O–H groups in total. The summed E-state index contributed by atoms with van der Waals surface area (Å²) >= 11 is 0. The number of nitrogens with two attached hydrogens (primary N) is 1. The van der Waals surface area contributed by atoms with Gasteiger partial charge in [-0.1, -0.05) is 26.0 Å². The van der Waals surface area contributed by atoms with E-state index < -0.39 is 6.36 Å². The Morgan fingerprint density at radius 2 is 1.82 bits per heavy atom. The molecular formula is C18H29F3IN5O. The number of anilines is 1. The van der Waals surface area contributed by atoms with E-state index in [2.05, 4.69) is 38.7 Å². The molecule has 0 saturated carbocycles. The Morgan fingerprint density at radius 1 is 1.21 bits per heavy atom. The molecule has 1 aliphatic heterocycles. The number of hydrogen-bond acceptors (Lipinski definition) is 4. The summed E-state index contributed by atoms with van der Waals surface area (Å²) in [6.45, 7) is 11.0. The summed E-state index contributed by atoms with van der Waals surface area (Å²) in [6.07, 6.45) is -4.76. The minimum absolute atomic E-state index is 0. The van der Waals surface area contributed by atoms with E-state index in [4.69, 9.17) is 5.73 Å². The van der Waals surface area contributed by atoms with E-state index in [-0.39, 0.29) is 41.4 Å². The number of piperazine rings is 1. The number of likely N-dealkylation sites (N-methyl/N-ethyl adjacent to an activating group) is 1. The third kappa shape index (κ3) is 8.82. The zero-order valence-corrected chi connectivity index (χ0v) is 18.5. The molecule has 10 heteroatoms. The molecule has 1 aromatic rings. The predicted molar refractivity (Wildman–Crippen MR) is 116 cm³/mol. The molecule has 6 nitrogen and oxygen atoms in total. The molecule has 28 heavy (non-hydrogen) atoms. The van der Waals surface area contributed by atoms with E-state index in [1.807, 2.05) is 0 Å². The molecule has 0 amide bonds. The van der Waals surface area contributed by atoms with Crippen molar-refractivity contribution >= 4 is 35.6 Å². The van der Waals surface area contributed by atoms with Gasteiger partial charge in [0.25, 0.3) is 0 Å². The third-order valence-corrected chi connectivity index (χ3v) is 4.43. The van der Waals surface area contributed by atoms with E-state index >= 15 is 0 Å². The molecule has 0 spiro atoms. The van der Waals surface area contributed by atoms with Gasteiger partial charge in [-0.05, 0) is 24.6 Å². The van der Waals surface area contributed by atoms with Gasteiger partial charge in [0.1, 0.15) is 0 Å². The first kappa shape index (κ1) is 24.8. The summed E-state index contributed by atoms with van der Waals surface area (Å²) in [5, 5.41) is 2.69. The van der Waals surface area contributed by atoms with E-state index in [9.17, 15) is 13.2 Å². The zero-order valence-electron chi connectivity index (χ0n) is 16.2. The smallest absolute Gasteiger partial charge is 0.404 e. The van der Waals surface area contributed by atoms with E-state index in [0.717, 1.165) is 39.3 Å². The van der Waals surface area contributed by atoms with Gasteiger partial charge in [0.2, 0.25) is 0 Å². The Morgan fingerprint density at radius 3 is 2.43 bits per heavy atom. The van der Waals surface area contributed by atoms with Gasteiger partial charge < -0.3 is 25.6 Å². The predicted octanol–water partition coefficient (Wildman–Crippen LogP) is 3.20. The molecule has 1 saturated heterocycles. The van der Waals surface area contributed by atoms with Crippen LogP contribution in [-0.4, -0.2) is 67.9 Å². The Bertz CT molecular complexity index is 621. The van der Waals surface area contributed by atoms with Crippen LogP contribution in [0, 0.1) is 5.92 Å². The van der Waals surface area contributed by atoms with E-state index in [1.54, 1.807) is 6.07 Å². The first-order valence-corrected chi connectivity index (χ1v) is 9.13. The van der Waals surface area contributed by atoms with Gasteiger partial charge in [0, 0.05) is 39.3 Å². The summed E-state index contributed by atoms with van der Waals surface area (Å²) in [5.74, 6) is 0.0149. The van der Waals surface area contributed by atoms with Crippen LogP contribution in [0.5, 0.6) is 5.75 Å². The van der Waals surface area contributed by atoms with Crippen molar-refractivity contribution in [3.63, 3.8) is 0 Å². The van der Waals surface area contributed by atoms with Crippen LogP contribution in [0.1, 0.15) is 13.8 Å². The monoisotopic (exact) mass is 515 g/mol. The van der Waals surface area contributed by atoms with Gasteiger partial charge >= 0.3 is 6.36 Å². The minimum atomic E-state index is -4.76. The molecular weight excluding hydrogens is 486 g/mol. The maximum Gasteiger partial charge on any atom is 0.573 e. The molecule has 1 aliphatic rings. The van der Waals surface area contributed by atoms with Crippen LogP contribution in [0.4, 0.5) is 18.9 Å². The molecule has 0 aliphatic carbocycles. The van der Waals surface area contributed by atoms with Gasteiger partial charge in [0.05, 0.1) is 5.69 Å². The summed E-state index contributed by atoms with van der Waals surface area (Å²) in [5.41, 5.74) is 5.96. The maximum atomic E-state index is 12.5. The Hall–Kier alpha value is -1.27. The summed E-state index contributed by atoms with van der Waals surface area (Å²) in [7, 11) is 0. The molecule has 1 fully saturated rings. The molecule has 1 atom stereocenters. The van der Waals surface area contributed by atoms with E-state index in [1.165, 1.54) is 18.2 Å². The van der Waals surface area contributed by atoms with Crippen molar-refractivity contribution in [2.45, 2.75) is 20.2 Å². The second-order valence-corrected chi connectivity index (χ2v) is 6.73. The molecule has 2 rings (SSSR count). The topological polar surface area (TPSA) is 66.1 Å². The summed E-state index contributed by atoms with van der Waals surface area (Å²) in [4.78, 5) is 9.09. The quantitative estimate of drug-likeness (QED) is 0.332. The fourth-order valence-corrected chi connectivity index (χ4v) is 3.00. The van der Waals surface area contributed by atoms with Crippen molar-refractivity contribution in [1.82, 2.24) is 9.80 Å². The number of nitrogens with zero attached hydrogens (tertiary/aromatic N) is 3. The van der Waals surface area contributed by atoms with Crippen molar-refractivity contribution < 1.29 is 17.9 Å². The highest BCUT2D eigenvalue weighted by atomic mass is 127. The standard InChI is InChI=1S/C18H28F3N5O.HI/c1-3-25-8-10-26(11-9-25)13-14(2)12-23-17(22)24-15-6-4-5-7-16(15)27-18(19,20)21;/h4-7,14H,3,8-13H2,1-2H3,(H3,22,23,24);1H. The number of guanidine groups is 1. The van der Waals surface area contributed by atoms with Crippen LogP contribution in [0.3, 0.4) is 0 Å². The number of rotatable bonds is 7. The molecule has 0 aromatic heterocycles. The fraction of sp³-hybridized carbons (Fsp3) is 0.611. The normalized spacial score (nSPS) is 17.7. The van der Waals surface area contributed by atoms with Crippen LogP contribution in [0.15, 0.2) is 29.3 Å². The van der Waals surface area contributed by atoms with E-state index in [0.29, 0.717) is 12.5 Å². The summed E-state index contributed by atoms with van der Waals surface area (Å²) in [6, 6.07) is 5.74. The second-order valence-electron chi connectivity index (χ2n) is 6.73. The summed E-state index contributed by atoms with van der Waals surface area (Å²) < 4.78 is 41.4. The van der Waals surface area contributed by atoms with Gasteiger partial charge in [-0.15, -0.1) is 37.1 Å². The molecule has 1 unspecified atom stereocenters. The minimum Gasteiger partial charge on any atom is -0.404 e. The van der Waals surface area contributed by atoms with Crippen molar-refractivity contribution in [2.24, 2.45) is 16.6 Å². The van der Waals surface area contributed by atoms with Crippen LogP contribution in [0.2, 0.25) is 0 Å². The molecule has 1 heterocycles. The first-order valence-electron chi connectivity index (χ1n) is 9.13. The van der Waals surface area contributed by atoms with Gasteiger partial charge in [-0.2, -0.15) is 0 Å². The lowest BCUT2D eigenvalue weighted by Gasteiger charge is -2.35. The average molecular weight is 515 g/mol. The number of alkyl halides is 3. The second kappa shape index (κ2) is 11.7. The van der Waals surface area contributed by atoms with Crippen molar-refractivity contribution in [3.05, 3.63) is 24.3 Å². The van der Waals surface area contributed by atoms with Gasteiger partial charge in [0.15, 0.2) is 11.7 Å². The highest BCUT2D eigenvalue weighted by Crippen LogP contribution is 2.29. The number of ether oxygens (including phenoxy) is 1. The molecule has 1 aromatic carbocycles. The maximum absolute atomic E-state index is 12.5. The Kier molecular flexibility index (Phi) is 10.3. The first-order chi connectivity index (χ1) is 12.8. The molecule has 0 radical (unpaired) electrons. The number of halogens is 4. The number of benzene rings is 1. The highest BCUT2D eigenvalue weighted by Gasteiger charge is 2.32. The fourth-order valence-electron chi connectivity index (χ4n) is 3.00. The van der Waals surface area contributed by atoms with Crippen LogP contribution >= 0.6 is 24.0 Å². The molecule has 160 valence electrons. The SMILES string of the molecule is CCN1CCN(CC(C)CN=C(N)Nc2ccccc2OC(F)(F)F)CC1.I. The number of aliphatic imine (C=N–C) groups is 1. The third-order valence-electron chi connectivity index (χ3n) is 4.43. The highest BCUT2D eigenvalue weighted by molar-refractivity contribution is 14.0. The van der Waals surface area contributed by atoms with Crippen LogP contribution in [0.25, 0.3) is 0 Å². The van der Waals surface area contributed by atoms with Crippen LogP contribution in [-0.2, 0) is 0 Å². The lowest BCUT2D eigenvalue weighted by molar-refractivity contribution is -0.274. The largest absolute Gasteiger partial charge is 0.573 e. The number of hydrogen-bond donors (Lipinski definition) is 2. The lowest BCUT2D eigenvalue weighted by Crippen LogP contribution is -2.47. The van der Waals surface area contributed by atoms with Gasteiger partial charge in [-0.3, -0.25) is 4.99 Å². The van der Waals surface area contributed by atoms with Crippen molar-refractivity contribution in [1.29, 1.82) is 0 Å². The average Bonchev–Trinajstić information content (AvgIpc) is 2.61. The van der Waals surface area contributed by atoms with Gasteiger partial charge in [-0.25, -0.2) is 0 Å². The lowest BCUT2D eigenvalue weighted by atomic mass is 10.1. The molecule has 0 bridgehead atoms. The van der Waals surface area contributed by atoms with Crippen molar-refractivity contribution in [3.8, 4) is 5.75 Å². The number of para-hydroxylation sites is 2. The van der Waals surface area contributed by atoms with Crippen molar-refractivity contribution in [2.75, 3.05) is 51.1 Å². The zero-order chi connectivity index (χ0) is 19.9.